The number of nitrogens with one attached hydrogen (secondary N) is 1. The molecular weight excluding hydrogens is 422 g/mol. The molecule has 5 rings (SSSR count). The van der Waals surface area contributed by atoms with Crippen molar-refractivity contribution in [3.63, 3.8) is 0 Å². The van der Waals surface area contributed by atoms with Crippen LogP contribution >= 0.6 is 0 Å². The van der Waals surface area contributed by atoms with Gasteiger partial charge in [-0.1, -0.05) is 25.0 Å². The van der Waals surface area contributed by atoms with Crippen LogP contribution in [-0.2, 0) is 6.42 Å². The van der Waals surface area contributed by atoms with E-state index in [0.717, 1.165) is 29.9 Å². The smallest absolute Gasteiger partial charge is 0.227 e. The number of hydrogen-bond acceptors (Lipinski definition) is 6. The van der Waals surface area contributed by atoms with Gasteiger partial charge in [0.1, 0.15) is 0 Å². The van der Waals surface area contributed by atoms with Crippen molar-refractivity contribution >= 4 is 11.6 Å². The number of nitrogens with zero attached hydrogens (tertiary/aromatic N) is 6. The fraction of sp³-hybridized carbons (Fsp3) is 0.481. The van der Waals surface area contributed by atoms with Crippen molar-refractivity contribution in [2.75, 3.05) is 25.0 Å². The number of hydrogen-bond donors (Lipinski definition) is 1. The first-order valence-electron chi connectivity index (χ1n) is 12.6. The van der Waals surface area contributed by atoms with Crippen molar-refractivity contribution in [2.45, 2.75) is 57.4 Å². The summed E-state index contributed by atoms with van der Waals surface area (Å²) in [5.41, 5.74) is 4.11. The van der Waals surface area contributed by atoms with Crippen LogP contribution in [0.2, 0.25) is 0 Å². The van der Waals surface area contributed by atoms with Crippen LogP contribution in [0.25, 0.3) is 11.3 Å². The van der Waals surface area contributed by atoms with Gasteiger partial charge < -0.3 is 10.2 Å². The monoisotopic (exact) mass is 455 g/mol. The lowest BCUT2D eigenvalue weighted by molar-refractivity contribution is 0.315. The summed E-state index contributed by atoms with van der Waals surface area (Å²) in [4.78, 5) is 11.7. The minimum atomic E-state index is 0.143. The molecule has 7 nitrogen and oxygen atoms in total. The van der Waals surface area contributed by atoms with Gasteiger partial charge in [-0.3, -0.25) is 4.68 Å². The van der Waals surface area contributed by atoms with Crippen molar-refractivity contribution in [3.05, 3.63) is 54.5 Å². The molecule has 34 heavy (non-hydrogen) atoms. The standard InChI is InChI=1S/C27H33N7/c28-14-11-26(22-5-1-2-6-22)34-20-23(19-30-34)25-12-15-29-27(32-25)31-24-9-7-21(8-10-24)13-18-33-16-3-4-17-33/h7-10,12,15,19-20,22,26H,1-6,11,13,16-18H2,(H,29,31,32). The number of aromatic nitrogens is 4. The largest absolute Gasteiger partial charge is 0.324 e. The van der Waals surface area contributed by atoms with Gasteiger partial charge in [0.2, 0.25) is 5.95 Å². The zero-order valence-corrected chi connectivity index (χ0v) is 19.7. The molecule has 2 aromatic heterocycles. The van der Waals surface area contributed by atoms with Gasteiger partial charge in [-0.15, -0.1) is 0 Å². The van der Waals surface area contributed by atoms with E-state index >= 15 is 0 Å². The van der Waals surface area contributed by atoms with Crippen LogP contribution in [0.5, 0.6) is 0 Å². The Morgan fingerprint density at radius 2 is 1.85 bits per heavy atom. The third kappa shape index (κ3) is 5.45. The Hall–Kier alpha value is -3.24. The molecule has 1 saturated heterocycles. The second kappa shape index (κ2) is 10.8. The maximum Gasteiger partial charge on any atom is 0.227 e. The van der Waals surface area contributed by atoms with Gasteiger partial charge in [-0.2, -0.15) is 10.4 Å². The predicted molar refractivity (Wildman–Crippen MR) is 134 cm³/mol. The molecule has 3 heterocycles. The molecule has 0 amide bonds. The zero-order chi connectivity index (χ0) is 23.2. The van der Waals surface area contributed by atoms with E-state index in [1.807, 2.05) is 23.1 Å². The highest BCUT2D eigenvalue weighted by molar-refractivity contribution is 5.60. The quantitative estimate of drug-likeness (QED) is 0.467. The van der Waals surface area contributed by atoms with E-state index in [1.165, 1.54) is 57.2 Å². The van der Waals surface area contributed by atoms with Crippen molar-refractivity contribution in [2.24, 2.45) is 5.92 Å². The molecule has 1 atom stereocenters. The Kier molecular flexibility index (Phi) is 7.16. The molecule has 7 heteroatoms. The molecule has 1 aliphatic carbocycles. The molecule has 0 radical (unpaired) electrons. The first-order valence-corrected chi connectivity index (χ1v) is 12.6. The molecule has 1 N–H and O–H groups in total. The molecule has 0 bridgehead atoms. The highest BCUT2D eigenvalue weighted by Gasteiger charge is 2.27. The number of benzene rings is 1. The first kappa shape index (κ1) is 22.5. The van der Waals surface area contributed by atoms with Crippen molar-refractivity contribution in [3.8, 4) is 17.3 Å². The van der Waals surface area contributed by atoms with Gasteiger partial charge in [0, 0.05) is 30.2 Å². The van der Waals surface area contributed by atoms with Crippen molar-refractivity contribution in [1.29, 1.82) is 5.26 Å². The van der Waals surface area contributed by atoms with Crippen LogP contribution in [0.1, 0.15) is 56.6 Å². The van der Waals surface area contributed by atoms with Crippen LogP contribution in [0.15, 0.2) is 48.9 Å². The minimum absolute atomic E-state index is 0.143. The Morgan fingerprint density at radius 3 is 2.62 bits per heavy atom. The van der Waals surface area contributed by atoms with Crippen molar-refractivity contribution in [1.82, 2.24) is 24.6 Å². The van der Waals surface area contributed by atoms with Crippen LogP contribution in [0, 0.1) is 17.2 Å². The third-order valence-electron chi connectivity index (χ3n) is 7.26. The maximum absolute atomic E-state index is 9.33. The summed E-state index contributed by atoms with van der Waals surface area (Å²) in [6, 6.07) is 13.0. The Balaban J connectivity index is 1.23. The zero-order valence-electron chi connectivity index (χ0n) is 19.7. The number of rotatable bonds is 9. The van der Waals surface area contributed by atoms with Gasteiger partial charge >= 0.3 is 0 Å². The summed E-state index contributed by atoms with van der Waals surface area (Å²) in [5, 5.41) is 17.3. The van der Waals surface area contributed by atoms with E-state index < -0.39 is 0 Å². The molecule has 1 unspecified atom stereocenters. The Morgan fingerprint density at radius 1 is 1.06 bits per heavy atom. The van der Waals surface area contributed by atoms with Crippen LogP contribution in [-0.4, -0.2) is 44.3 Å². The van der Waals surface area contributed by atoms with E-state index in [1.54, 1.807) is 6.20 Å². The molecule has 1 aromatic carbocycles. The van der Waals surface area contributed by atoms with E-state index in [2.05, 4.69) is 50.6 Å². The highest BCUT2D eigenvalue weighted by Crippen LogP contribution is 2.36. The minimum Gasteiger partial charge on any atom is -0.324 e. The molecule has 1 saturated carbocycles. The molecule has 2 aliphatic rings. The highest BCUT2D eigenvalue weighted by atomic mass is 15.3. The molecule has 176 valence electrons. The molecule has 3 aromatic rings. The summed E-state index contributed by atoms with van der Waals surface area (Å²) >= 11 is 0. The van der Waals surface area contributed by atoms with Gasteiger partial charge in [0.15, 0.2) is 0 Å². The first-order chi connectivity index (χ1) is 16.8. The fourth-order valence-corrected chi connectivity index (χ4v) is 5.32. The lowest BCUT2D eigenvalue weighted by Crippen LogP contribution is -2.21. The Labute approximate surface area is 201 Å². The van der Waals surface area contributed by atoms with Crippen LogP contribution in [0.3, 0.4) is 0 Å². The average molecular weight is 456 g/mol. The molecule has 1 aliphatic heterocycles. The van der Waals surface area contributed by atoms with Gasteiger partial charge in [-0.25, -0.2) is 9.97 Å². The van der Waals surface area contributed by atoms with E-state index in [0.29, 0.717) is 18.3 Å². The van der Waals surface area contributed by atoms with Crippen LogP contribution in [0.4, 0.5) is 11.6 Å². The summed E-state index contributed by atoms with van der Waals surface area (Å²) < 4.78 is 1.98. The SMILES string of the molecule is N#CCC(C1CCCC1)n1cc(-c2ccnc(Nc3ccc(CCN4CCCC4)cc3)n2)cn1. The number of nitriles is 1. The second-order valence-corrected chi connectivity index (χ2v) is 9.57. The van der Waals surface area contributed by atoms with E-state index in [-0.39, 0.29) is 6.04 Å². The van der Waals surface area contributed by atoms with Crippen molar-refractivity contribution < 1.29 is 0 Å². The second-order valence-electron chi connectivity index (χ2n) is 9.57. The molecular formula is C27H33N7. The lowest BCUT2D eigenvalue weighted by atomic mass is 9.96. The molecule has 0 spiro atoms. The maximum atomic E-state index is 9.33. The topological polar surface area (TPSA) is 82.7 Å². The Bertz CT molecular complexity index is 1100. The summed E-state index contributed by atoms with van der Waals surface area (Å²) in [5.74, 6) is 1.10. The fourth-order valence-electron chi connectivity index (χ4n) is 5.32. The lowest BCUT2D eigenvalue weighted by Gasteiger charge is -2.21. The van der Waals surface area contributed by atoms with E-state index in [4.69, 9.17) is 4.98 Å². The van der Waals surface area contributed by atoms with Gasteiger partial charge in [-0.05, 0) is 74.9 Å². The normalized spacial score (nSPS) is 17.6. The summed E-state index contributed by atoms with van der Waals surface area (Å²) in [6.07, 6.45) is 14.8. The summed E-state index contributed by atoms with van der Waals surface area (Å²) in [6.45, 7) is 3.62. The third-order valence-corrected chi connectivity index (χ3v) is 7.26. The average Bonchev–Trinajstić information content (AvgIpc) is 3.65. The molecule has 2 fully saturated rings. The van der Waals surface area contributed by atoms with Gasteiger partial charge in [0.05, 0.1) is 30.4 Å². The van der Waals surface area contributed by atoms with Gasteiger partial charge in [0.25, 0.3) is 0 Å². The van der Waals surface area contributed by atoms with Crippen LogP contribution < -0.4 is 5.32 Å². The van der Waals surface area contributed by atoms with E-state index in [9.17, 15) is 5.26 Å². The summed E-state index contributed by atoms with van der Waals surface area (Å²) in [7, 11) is 0. The predicted octanol–water partition coefficient (Wildman–Crippen LogP) is 5.37. The number of likely N-dealkylation sites (tertiary alicyclic amines) is 1. The number of anilines is 2.